The van der Waals surface area contributed by atoms with Gasteiger partial charge in [-0.25, -0.2) is 12.7 Å². The molecule has 0 spiro atoms. The predicted octanol–water partition coefficient (Wildman–Crippen LogP) is 5.46. The van der Waals surface area contributed by atoms with E-state index < -0.39 is 22.0 Å². The Morgan fingerprint density at radius 3 is 2.35 bits per heavy atom. The molecule has 1 unspecified atom stereocenters. The Kier molecular flexibility index (Phi) is 9.97. The number of hydrogen-bond donors (Lipinski definition) is 1. The molecule has 2 aliphatic rings. The molecule has 1 aliphatic carbocycles. The van der Waals surface area contributed by atoms with E-state index in [1.165, 1.54) is 12.1 Å². The lowest BCUT2D eigenvalue weighted by atomic mass is 9.94. The minimum Gasteiger partial charge on any atom is -0.352 e. The van der Waals surface area contributed by atoms with Crippen molar-refractivity contribution < 1.29 is 22.8 Å². The summed E-state index contributed by atoms with van der Waals surface area (Å²) in [4.78, 5) is 42.4. The van der Waals surface area contributed by atoms with Crippen LogP contribution in [0.4, 0.5) is 0 Å². The Bertz CT molecular complexity index is 1570. The number of nitrogens with one attached hydrogen (secondary N) is 1. The molecule has 226 valence electrons. The number of fused-ring (bicyclic) bond motifs is 1. The Hall–Kier alpha value is -3.50. The summed E-state index contributed by atoms with van der Waals surface area (Å²) in [6, 6.07) is 22.7. The van der Waals surface area contributed by atoms with Gasteiger partial charge in [0, 0.05) is 36.4 Å². The molecule has 0 radical (unpaired) electrons. The Morgan fingerprint density at radius 1 is 0.930 bits per heavy atom. The summed E-state index contributed by atoms with van der Waals surface area (Å²) in [5.41, 5.74) is 1.94. The summed E-state index contributed by atoms with van der Waals surface area (Å²) in [7, 11) is -3.96. The number of carbonyl (C=O) groups is 3. The second-order valence-corrected chi connectivity index (χ2v) is 13.9. The highest BCUT2D eigenvalue weighted by atomic mass is 79.9. The monoisotopic (exact) mass is 665 g/mol. The molecule has 1 heterocycles. The average Bonchev–Trinajstić information content (AvgIpc) is 3.20. The van der Waals surface area contributed by atoms with Crippen LogP contribution in [0.15, 0.2) is 88.2 Å². The second-order valence-electron chi connectivity index (χ2n) is 11.2. The zero-order chi connectivity index (χ0) is 30.4. The first-order valence-corrected chi connectivity index (χ1v) is 17.0. The van der Waals surface area contributed by atoms with Crippen LogP contribution in [0.25, 0.3) is 0 Å². The topological polar surface area (TPSA) is 104 Å². The molecule has 43 heavy (non-hydrogen) atoms. The van der Waals surface area contributed by atoms with E-state index in [-0.39, 0.29) is 54.2 Å². The van der Waals surface area contributed by atoms with E-state index in [2.05, 4.69) is 21.2 Å². The van der Waals surface area contributed by atoms with E-state index in [9.17, 15) is 22.8 Å². The van der Waals surface area contributed by atoms with Crippen LogP contribution in [0.5, 0.6) is 0 Å². The van der Waals surface area contributed by atoms with Crippen molar-refractivity contribution in [2.24, 2.45) is 0 Å². The lowest BCUT2D eigenvalue weighted by Crippen LogP contribution is -2.52. The van der Waals surface area contributed by atoms with Crippen LogP contribution in [0, 0.1) is 0 Å². The molecule has 3 amide bonds. The van der Waals surface area contributed by atoms with Crippen molar-refractivity contribution in [3.63, 3.8) is 0 Å². The molecule has 3 aromatic rings. The molecule has 1 saturated carbocycles. The van der Waals surface area contributed by atoms with Gasteiger partial charge in [0.1, 0.15) is 10.9 Å². The number of carbonyl (C=O) groups excluding carboxylic acids is 3. The number of hydrogen-bond acceptors (Lipinski definition) is 5. The molecule has 1 fully saturated rings. The van der Waals surface area contributed by atoms with Gasteiger partial charge in [-0.2, -0.15) is 0 Å². The van der Waals surface area contributed by atoms with Crippen molar-refractivity contribution in [3.05, 3.63) is 100 Å². The second kappa shape index (κ2) is 13.9. The maximum Gasteiger partial charge on any atom is 0.269 e. The van der Waals surface area contributed by atoms with Gasteiger partial charge in [-0.15, -0.1) is 0 Å². The van der Waals surface area contributed by atoms with Gasteiger partial charge < -0.3 is 10.2 Å². The Morgan fingerprint density at radius 2 is 1.63 bits per heavy atom. The molecule has 10 heteroatoms. The number of amides is 3. The summed E-state index contributed by atoms with van der Waals surface area (Å²) in [6.07, 6.45) is 5.59. The smallest absolute Gasteiger partial charge is 0.269 e. The van der Waals surface area contributed by atoms with Gasteiger partial charge in [0.25, 0.3) is 15.9 Å². The minimum atomic E-state index is -3.96. The third-order valence-electron chi connectivity index (χ3n) is 8.13. The van der Waals surface area contributed by atoms with Gasteiger partial charge in [-0.3, -0.25) is 14.4 Å². The summed E-state index contributed by atoms with van der Waals surface area (Å²) < 4.78 is 27.7. The molecule has 0 aromatic heterocycles. The summed E-state index contributed by atoms with van der Waals surface area (Å²) in [5, 5.41) is 3.22. The third kappa shape index (κ3) is 7.36. The maximum absolute atomic E-state index is 14.0. The van der Waals surface area contributed by atoms with Gasteiger partial charge in [-0.05, 0) is 54.7 Å². The molecule has 1 atom stereocenters. The minimum absolute atomic E-state index is 0.00934. The third-order valence-corrected chi connectivity index (χ3v) is 10.5. The summed E-state index contributed by atoms with van der Waals surface area (Å²) >= 11 is 3.51. The number of benzene rings is 3. The van der Waals surface area contributed by atoms with E-state index in [0.717, 1.165) is 52.0 Å². The standard InChI is InChI=1S/C33H36BrN3O5S/c34-26-14-9-13-25(21-26)23-36(29(22-24-11-3-1-4-12-24)32(39)35-27-15-5-2-6-16-27)31(38)19-10-20-37-33(40)28-17-7-8-18-30(28)43(37,41)42/h1,3-4,7-9,11-14,17-18,21,27,29H,2,5-6,10,15-16,19-20,22-23H2,(H,35,39). The van der Waals surface area contributed by atoms with Gasteiger partial charge in [-0.1, -0.05) is 89.8 Å². The SMILES string of the molecule is O=C(NC1CCCCC1)C(Cc1ccccc1)N(Cc1cccc(Br)c1)C(=O)CCCN1C(=O)c2ccccc2S1(=O)=O. The fourth-order valence-electron chi connectivity index (χ4n) is 5.90. The first-order chi connectivity index (χ1) is 20.7. The predicted molar refractivity (Wildman–Crippen MR) is 168 cm³/mol. The molecule has 8 nitrogen and oxygen atoms in total. The summed E-state index contributed by atoms with van der Waals surface area (Å²) in [6.45, 7) is 0.0875. The van der Waals surface area contributed by atoms with E-state index >= 15 is 0 Å². The first-order valence-electron chi connectivity index (χ1n) is 14.8. The Labute approximate surface area is 261 Å². The van der Waals surface area contributed by atoms with Crippen LogP contribution >= 0.6 is 15.9 Å². The molecular formula is C33H36BrN3O5S. The van der Waals surface area contributed by atoms with Gasteiger partial charge in [0.2, 0.25) is 11.8 Å². The highest BCUT2D eigenvalue weighted by molar-refractivity contribution is 9.10. The van der Waals surface area contributed by atoms with Crippen molar-refractivity contribution in [3.8, 4) is 0 Å². The normalized spacial score (nSPS) is 16.9. The van der Waals surface area contributed by atoms with Crippen LogP contribution in [0.3, 0.4) is 0 Å². The average molecular weight is 667 g/mol. The lowest BCUT2D eigenvalue weighted by Gasteiger charge is -2.33. The number of sulfonamides is 1. The van der Waals surface area contributed by atoms with Crippen molar-refractivity contribution in [2.45, 2.75) is 74.9 Å². The zero-order valence-electron chi connectivity index (χ0n) is 24.0. The highest BCUT2D eigenvalue weighted by Crippen LogP contribution is 2.30. The Balaban J connectivity index is 1.37. The zero-order valence-corrected chi connectivity index (χ0v) is 26.4. The molecule has 3 aromatic carbocycles. The van der Waals surface area contributed by atoms with Crippen LogP contribution < -0.4 is 5.32 Å². The first kappa shape index (κ1) is 30.9. The van der Waals surface area contributed by atoms with E-state index in [1.54, 1.807) is 17.0 Å². The molecule has 0 saturated heterocycles. The molecular weight excluding hydrogens is 630 g/mol. The van der Waals surface area contributed by atoms with Gasteiger partial charge in [0.15, 0.2) is 0 Å². The fourth-order valence-corrected chi connectivity index (χ4v) is 7.95. The molecule has 0 bridgehead atoms. The summed E-state index contributed by atoms with van der Waals surface area (Å²) in [5.74, 6) is -1.05. The molecule has 1 aliphatic heterocycles. The van der Waals surface area contributed by atoms with Crippen molar-refractivity contribution in [1.29, 1.82) is 0 Å². The van der Waals surface area contributed by atoms with E-state index in [0.29, 0.717) is 6.42 Å². The largest absolute Gasteiger partial charge is 0.352 e. The van der Waals surface area contributed by atoms with Crippen LogP contribution in [-0.2, 0) is 32.6 Å². The van der Waals surface area contributed by atoms with Crippen molar-refractivity contribution in [1.82, 2.24) is 14.5 Å². The van der Waals surface area contributed by atoms with Crippen LogP contribution in [-0.4, -0.2) is 54.0 Å². The number of nitrogens with zero attached hydrogens (tertiary/aromatic N) is 2. The van der Waals surface area contributed by atoms with Crippen molar-refractivity contribution in [2.75, 3.05) is 6.54 Å². The van der Waals surface area contributed by atoms with E-state index in [1.807, 2.05) is 54.6 Å². The quantitative estimate of drug-likeness (QED) is 0.293. The lowest BCUT2D eigenvalue weighted by molar-refractivity contribution is -0.141. The highest BCUT2D eigenvalue weighted by Gasteiger charge is 2.40. The fraction of sp³-hybridized carbons (Fsp3) is 0.364. The van der Waals surface area contributed by atoms with Gasteiger partial charge in [0.05, 0.1) is 5.56 Å². The van der Waals surface area contributed by atoms with Gasteiger partial charge >= 0.3 is 0 Å². The molecule has 5 rings (SSSR count). The van der Waals surface area contributed by atoms with Crippen LogP contribution in [0.2, 0.25) is 0 Å². The van der Waals surface area contributed by atoms with E-state index in [4.69, 9.17) is 0 Å². The number of rotatable bonds is 11. The molecule has 1 N–H and O–H groups in total. The maximum atomic E-state index is 14.0. The van der Waals surface area contributed by atoms with Crippen molar-refractivity contribution >= 4 is 43.7 Å². The van der Waals surface area contributed by atoms with Crippen LogP contribution in [0.1, 0.15) is 66.4 Å². The number of halogens is 1.